The SMILES string of the molecule is CC[C@@H]1CCc2nc(NC(=O)C3=NN(C)C(=O)CC3)sc2C1. The van der Waals surface area contributed by atoms with E-state index in [-0.39, 0.29) is 11.8 Å². The summed E-state index contributed by atoms with van der Waals surface area (Å²) in [4.78, 5) is 29.5. The van der Waals surface area contributed by atoms with Crippen molar-refractivity contribution in [2.45, 2.75) is 45.4 Å². The highest BCUT2D eigenvalue weighted by Crippen LogP contribution is 2.33. The number of rotatable bonds is 3. The number of hydrogen-bond donors (Lipinski definition) is 1. The second-order valence-electron chi connectivity index (χ2n) is 5.82. The van der Waals surface area contributed by atoms with Crippen molar-refractivity contribution in [3.63, 3.8) is 0 Å². The molecular weight excluding hydrogens is 300 g/mol. The first kappa shape index (κ1) is 15.1. The third-order valence-corrected chi connectivity index (χ3v) is 5.34. The van der Waals surface area contributed by atoms with Gasteiger partial charge in [0, 0.05) is 24.8 Å². The molecule has 3 rings (SSSR count). The normalized spacial score (nSPS) is 21.4. The van der Waals surface area contributed by atoms with Crippen LogP contribution in [0.4, 0.5) is 5.13 Å². The third kappa shape index (κ3) is 3.04. The van der Waals surface area contributed by atoms with E-state index in [1.165, 1.54) is 22.7 Å². The lowest BCUT2D eigenvalue weighted by Gasteiger charge is -2.18. The Hall–Kier alpha value is -1.76. The largest absolute Gasteiger partial charge is 0.297 e. The molecule has 2 amide bonds. The quantitative estimate of drug-likeness (QED) is 0.928. The van der Waals surface area contributed by atoms with Crippen LogP contribution in [0.25, 0.3) is 0 Å². The van der Waals surface area contributed by atoms with E-state index >= 15 is 0 Å². The summed E-state index contributed by atoms with van der Waals surface area (Å²) < 4.78 is 0. The van der Waals surface area contributed by atoms with Gasteiger partial charge in [0.05, 0.1) is 5.69 Å². The van der Waals surface area contributed by atoms with Crippen molar-refractivity contribution in [1.82, 2.24) is 9.99 Å². The van der Waals surface area contributed by atoms with Crippen LogP contribution in [0.1, 0.15) is 43.2 Å². The highest BCUT2D eigenvalue weighted by atomic mass is 32.1. The highest BCUT2D eigenvalue weighted by molar-refractivity contribution is 7.16. The smallest absolute Gasteiger partial charge is 0.273 e. The number of carbonyl (C=O) groups excluding carboxylic acids is 2. The topological polar surface area (TPSA) is 74.7 Å². The zero-order valence-electron chi connectivity index (χ0n) is 12.9. The molecule has 1 aromatic rings. The summed E-state index contributed by atoms with van der Waals surface area (Å²) in [5.41, 5.74) is 1.52. The van der Waals surface area contributed by atoms with E-state index in [1.807, 2.05) is 0 Å². The Kier molecular flexibility index (Phi) is 4.24. The number of fused-ring (bicyclic) bond motifs is 1. The molecule has 1 aromatic heterocycles. The van der Waals surface area contributed by atoms with Crippen LogP contribution in [0.5, 0.6) is 0 Å². The van der Waals surface area contributed by atoms with E-state index in [0.717, 1.165) is 24.5 Å². The van der Waals surface area contributed by atoms with Crippen molar-refractivity contribution < 1.29 is 9.59 Å². The van der Waals surface area contributed by atoms with Crippen LogP contribution in [-0.2, 0) is 22.4 Å². The molecule has 0 saturated carbocycles. The molecule has 2 heterocycles. The van der Waals surface area contributed by atoms with Gasteiger partial charge in [0.1, 0.15) is 5.71 Å². The van der Waals surface area contributed by atoms with Crippen molar-refractivity contribution in [3.8, 4) is 0 Å². The van der Waals surface area contributed by atoms with E-state index in [0.29, 0.717) is 23.7 Å². The summed E-state index contributed by atoms with van der Waals surface area (Å²) >= 11 is 1.57. The first-order valence-electron chi connectivity index (χ1n) is 7.70. The molecule has 1 aliphatic heterocycles. The zero-order chi connectivity index (χ0) is 15.7. The molecule has 0 spiro atoms. The fourth-order valence-electron chi connectivity index (χ4n) is 2.85. The molecule has 118 valence electrons. The zero-order valence-corrected chi connectivity index (χ0v) is 13.7. The highest BCUT2D eigenvalue weighted by Gasteiger charge is 2.25. The van der Waals surface area contributed by atoms with Crippen molar-refractivity contribution in [2.75, 3.05) is 12.4 Å². The van der Waals surface area contributed by atoms with Gasteiger partial charge in [-0.25, -0.2) is 9.99 Å². The Morgan fingerprint density at radius 1 is 1.41 bits per heavy atom. The van der Waals surface area contributed by atoms with E-state index in [2.05, 4.69) is 22.3 Å². The number of anilines is 1. The van der Waals surface area contributed by atoms with E-state index < -0.39 is 0 Å². The fraction of sp³-hybridized carbons (Fsp3) is 0.600. The summed E-state index contributed by atoms with van der Waals surface area (Å²) in [7, 11) is 1.57. The third-order valence-electron chi connectivity index (χ3n) is 4.31. The molecule has 1 atom stereocenters. The van der Waals surface area contributed by atoms with Gasteiger partial charge in [0.25, 0.3) is 5.91 Å². The van der Waals surface area contributed by atoms with Gasteiger partial charge in [-0.3, -0.25) is 14.9 Å². The number of hydrazone groups is 1. The minimum atomic E-state index is -0.252. The molecule has 22 heavy (non-hydrogen) atoms. The molecule has 0 saturated heterocycles. The van der Waals surface area contributed by atoms with Gasteiger partial charge >= 0.3 is 0 Å². The molecule has 0 aromatic carbocycles. The number of hydrogen-bond acceptors (Lipinski definition) is 5. The first-order valence-corrected chi connectivity index (χ1v) is 8.52. The Labute approximate surface area is 133 Å². The Balaban J connectivity index is 1.69. The molecule has 6 nitrogen and oxygen atoms in total. The predicted octanol–water partition coefficient (Wildman–Crippen LogP) is 2.20. The second-order valence-corrected chi connectivity index (χ2v) is 6.91. The fourth-order valence-corrected chi connectivity index (χ4v) is 3.96. The molecule has 1 N–H and O–H groups in total. The van der Waals surface area contributed by atoms with Crippen molar-refractivity contribution in [1.29, 1.82) is 0 Å². The standard InChI is InChI=1S/C15H20N4O2S/c1-3-9-4-5-10-12(8-9)22-15(16-10)17-14(21)11-6-7-13(20)19(2)18-11/h9H,3-8H2,1-2H3,(H,16,17,21)/t9-/m1/s1. The van der Waals surface area contributed by atoms with Crippen molar-refractivity contribution in [2.24, 2.45) is 11.0 Å². The summed E-state index contributed by atoms with van der Waals surface area (Å²) in [5, 5.41) is 8.75. The lowest BCUT2D eigenvalue weighted by molar-refractivity contribution is -0.130. The van der Waals surface area contributed by atoms with Crippen molar-refractivity contribution >= 4 is 34.0 Å². The predicted molar refractivity (Wildman–Crippen MR) is 86.0 cm³/mol. The molecule has 0 bridgehead atoms. The molecule has 0 unspecified atom stereocenters. The van der Waals surface area contributed by atoms with Gasteiger partial charge in [0.15, 0.2) is 5.13 Å². The number of nitrogens with zero attached hydrogens (tertiary/aromatic N) is 3. The van der Waals surface area contributed by atoms with Gasteiger partial charge in [-0.1, -0.05) is 13.3 Å². The van der Waals surface area contributed by atoms with Crippen LogP contribution >= 0.6 is 11.3 Å². The second kappa shape index (κ2) is 6.16. The van der Waals surface area contributed by atoms with Gasteiger partial charge < -0.3 is 0 Å². The molecule has 0 radical (unpaired) electrons. The molecular formula is C15H20N4O2S. The lowest BCUT2D eigenvalue weighted by atomic mass is 9.89. The first-order chi connectivity index (χ1) is 10.6. The summed E-state index contributed by atoms with van der Waals surface area (Å²) in [6.07, 6.45) is 5.15. The average Bonchev–Trinajstić information content (AvgIpc) is 2.90. The van der Waals surface area contributed by atoms with Crippen LogP contribution < -0.4 is 5.32 Å². The molecule has 0 fully saturated rings. The average molecular weight is 320 g/mol. The number of aromatic nitrogens is 1. The van der Waals surface area contributed by atoms with Gasteiger partial charge in [-0.05, 0) is 25.2 Å². The summed E-state index contributed by atoms with van der Waals surface area (Å²) in [6, 6.07) is 0. The Bertz CT molecular complexity index is 637. The Morgan fingerprint density at radius 3 is 2.95 bits per heavy atom. The monoisotopic (exact) mass is 320 g/mol. The summed E-state index contributed by atoms with van der Waals surface area (Å²) in [6.45, 7) is 2.22. The van der Waals surface area contributed by atoms with E-state index in [1.54, 1.807) is 18.4 Å². The number of carbonyl (C=O) groups is 2. The van der Waals surface area contributed by atoms with Crippen LogP contribution in [-0.4, -0.2) is 34.6 Å². The number of aryl methyl sites for hydroxylation is 1. The maximum atomic E-state index is 12.2. The minimum absolute atomic E-state index is 0.0631. The van der Waals surface area contributed by atoms with Crippen LogP contribution in [0.2, 0.25) is 0 Å². The maximum absolute atomic E-state index is 12.2. The summed E-state index contributed by atoms with van der Waals surface area (Å²) in [5.74, 6) is 0.420. The van der Waals surface area contributed by atoms with Gasteiger partial charge in [-0.2, -0.15) is 5.10 Å². The molecule has 7 heteroatoms. The number of amides is 2. The van der Waals surface area contributed by atoms with E-state index in [4.69, 9.17) is 0 Å². The van der Waals surface area contributed by atoms with E-state index in [9.17, 15) is 9.59 Å². The van der Waals surface area contributed by atoms with Gasteiger partial charge in [0.2, 0.25) is 5.91 Å². The lowest BCUT2D eigenvalue weighted by Crippen LogP contribution is -2.34. The van der Waals surface area contributed by atoms with Crippen LogP contribution in [0, 0.1) is 5.92 Å². The Morgan fingerprint density at radius 2 is 2.23 bits per heavy atom. The maximum Gasteiger partial charge on any atom is 0.273 e. The van der Waals surface area contributed by atoms with Crippen LogP contribution in [0.3, 0.4) is 0 Å². The molecule has 2 aliphatic rings. The van der Waals surface area contributed by atoms with Crippen molar-refractivity contribution in [3.05, 3.63) is 10.6 Å². The minimum Gasteiger partial charge on any atom is -0.297 e. The van der Waals surface area contributed by atoms with Gasteiger partial charge in [-0.15, -0.1) is 11.3 Å². The number of nitrogens with one attached hydrogen (secondary N) is 1. The number of thiazole rings is 1. The molecule has 1 aliphatic carbocycles. The van der Waals surface area contributed by atoms with Crippen LogP contribution in [0.15, 0.2) is 5.10 Å².